The Morgan fingerprint density at radius 2 is 2.27 bits per heavy atom. The normalized spacial score (nSPS) is 12.0. The van der Waals surface area contributed by atoms with E-state index >= 15 is 0 Å². The molecule has 3 heterocycles. The molecule has 0 N–H and O–H groups in total. The van der Waals surface area contributed by atoms with Crippen molar-refractivity contribution < 1.29 is 0 Å². The minimum Gasteiger partial charge on any atom is -0.243 e. The second-order valence-corrected chi connectivity index (χ2v) is 5.12. The summed E-state index contributed by atoms with van der Waals surface area (Å²) in [6.07, 6.45) is 1.78. The van der Waals surface area contributed by atoms with E-state index in [1.807, 2.05) is 10.0 Å². The number of rotatable bonds is 0. The monoisotopic (exact) mass is 232 g/mol. The average Bonchev–Trinajstić information content (AvgIpc) is 2.90. The van der Waals surface area contributed by atoms with Gasteiger partial charge in [0.15, 0.2) is 0 Å². The Hall–Kier alpha value is -1.53. The molecule has 0 saturated carbocycles. The quantitative estimate of drug-likeness (QED) is 0.468. The molecule has 0 saturated heterocycles. The molecule has 0 aliphatic carbocycles. The van der Waals surface area contributed by atoms with Crippen LogP contribution in [0.1, 0.15) is 0 Å². The van der Waals surface area contributed by atoms with Gasteiger partial charge in [0, 0.05) is 0 Å². The molecule has 0 atom stereocenters. The van der Waals surface area contributed by atoms with Gasteiger partial charge in [0.2, 0.25) is 0 Å². The molecule has 0 spiro atoms. The second-order valence-electron chi connectivity index (χ2n) is 3.20. The van der Waals surface area contributed by atoms with Gasteiger partial charge in [-0.15, -0.1) is 27.8 Å². The third-order valence-corrected chi connectivity index (χ3v) is 4.28. The highest BCUT2D eigenvalue weighted by atomic mass is 32.1. The third-order valence-electron chi connectivity index (χ3n) is 2.39. The summed E-state index contributed by atoms with van der Waals surface area (Å²) in [6.45, 7) is 0. The van der Waals surface area contributed by atoms with E-state index in [4.69, 9.17) is 0 Å². The van der Waals surface area contributed by atoms with Crippen LogP contribution >= 0.6 is 22.7 Å². The summed E-state index contributed by atoms with van der Waals surface area (Å²) in [5, 5.41) is 7.94. The summed E-state index contributed by atoms with van der Waals surface area (Å²) in [6, 6.07) is 4.16. The van der Waals surface area contributed by atoms with Crippen molar-refractivity contribution in [2.45, 2.75) is 0 Å². The number of aromatic nitrogens is 4. The van der Waals surface area contributed by atoms with Crippen LogP contribution in [0, 0.1) is 0 Å². The van der Waals surface area contributed by atoms with Gasteiger partial charge in [-0.2, -0.15) is 0 Å². The van der Waals surface area contributed by atoms with Crippen LogP contribution in [-0.2, 0) is 0 Å². The molecule has 1 aromatic carbocycles. The number of hydrogen-bond acceptors (Lipinski definition) is 5. The third kappa shape index (κ3) is 0.877. The van der Waals surface area contributed by atoms with Crippen LogP contribution < -0.4 is 0 Å². The molecule has 0 radical (unpaired) electrons. The van der Waals surface area contributed by atoms with Crippen molar-refractivity contribution in [3.8, 4) is 0 Å². The zero-order valence-electron chi connectivity index (χ0n) is 7.41. The molecule has 3 aromatic heterocycles. The highest BCUT2D eigenvalue weighted by Crippen LogP contribution is 2.32. The summed E-state index contributed by atoms with van der Waals surface area (Å²) < 4.78 is 4.28. The molecule has 4 aromatic rings. The maximum atomic E-state index is 4.39. The van der Waals surface area contributed by atoms with E-state index in [0.29, 0.717) is 0 Å². The van der Waals surface area contributed by atoms with Crippen molar-refractivity contribution in [1.29, 1.82) is 0 Å². The first kappa shape index (κ1) is 7.72. The minimum absolute atomic E-state index is 1.06. The molecule has 15 heavy (non-hydrogen) atoms. The summed E-state index contributed by atoms with van der Waals surface area (Å²) >= 11 is 3.35. The molecule has 6 heteroatoms. The molecule has 4 rings (SSSR count). The van der Waals surface area contributed by atoms with Crippen molar-refractivity contribution in [2.75, 3.05) is 0 Å². The van der Waals surface area contributed by atoms with E-state index in [9.17, 15) is 0 Å². The predicted molar refractivity (Wildman–Crippen MR) is 61.5 cm³/mol. The van der Waals surface area contributed by atoms with Gasteiger partial charge in [0.1, 0.15) is 10.3 Å². The highest BCUT2D eigenvalue weighted by molar-refractivity contribution is 7.25. The summed E-state index contributed by atoms with van der Waals surface area (Å²) in [5.41, 5.74) is 4.05. The fourth-order valence-corrected chi connectivity index (χ4v) is 3.53. The number of fused-ring (bicyclic) bond motifs is 5. The molecule has 0 amide bonds. The number of hydrogen-bond donors (Lipinski definition) is 0. The zero-order chi connectivity index (χ0) is 9.83. The molecule has 72 valence electrons. The number of nitrogens with zero attached hydrogens (tertiary/aromatic N) is 4. The minimum atomic E-state index is 1.06. The first-order valence-electron chi connectivity index (χ1n) is 4.38. The van der Waals surface area contributed by atoms with E-state index in [1.54, 1.807) is 28.9 Å². The maximum Gasteiger partial charge on any atom is 0.140 e. The van der Waals surface area contributed by atoms with Crippen molar-refractivity contribution in [1.82, 2.24) is 19.8 Å². The van der Waals surface area contributed by atoms with Gasteiger partial charge < -0.3 is 0 Å². The van der Waals surface area contributed by atoms with Gasteiger partial charge in [0.05, 0.1) is 26.6 Å². The lowest BCUT2D eigenvalue weighted by molar-refractivity contribution is 0.887. The largest absolute Gasteiger partial charge is 0.243 e. The maximum absolute atomic E-state index is 4.39. The van der Waals surface area contributed by atoms with Crippen LogP contribution in [0.3, 0.4) is 0 Å². The van der Waals surface area contributed by atoms with Crippen LogP contribution in [0.2, 0.25) is 0 Å². The Labute approximate surface area is 91.8 Å². The molecular weight excluding hydrogens is 228 g/mol. The van der Waals surface area contributed by atoms with E-state index in [1.165, 1.54) is 9.40 Å². The average molecular weight is 232 g/mol. The van der Waals surface area contributed by atoms with Gasteiger partial charge in [-0.25, -0.2) is 9.50 Å². The van der Waals surface area contributed by atoms with Crippen molar-refractivity contribution in [2.24, 2.45) is 0 Å². The van der Waals surface area contributed by atoms with Gasteiger partial charge in [-0.1, -0.05) is 5.21 Å². The highest BCUT2D eigenvalue weighted by Gasteiger charge is 2.10. The number of benzene rings is 1. The van der Waals surface area contributed by atoms with Crippen LogP contribution in [-0.4, -0.2) is 19.8 Å². The Balaban J connectivity index is 2.41. The van der Waals surface area contributed by atoms with E-state index in [2.05, 4.69) is 27.4 Å². The van der Waals surface area contributed by atoms with E-state index < -0.39 is 0 Å². The Bertz CT molecular complexity index is 779. The molecular formula is C9H4N4S2. The molecule has 0 unspecified atom stereocenters. The standard InChI is InChI=1S/C9H4N4S2/c1-2-6-8(10-4-14-6)9-5(1)13-7(15-9)3-11-12-13/h1-4H. The lowest BCUT2D eigenvalue weighted by atomic mass is 10.3. The van der Waals surface area contributed by atoms with Crippen molar-refractivity contribution in [3.63, 3.8) is 0 Å². The van der Waals surface area contributed by atoms with Gasteiger partial charge in [-0.05, 0) is 12.1 Å². The lowest BCUT2D eigenvalue weighted by Gasteiger charge is -1.90. The molecule has 0 fully saturated rings. The predicted octanol–water partition coefficient (Wildman–Crippen LogP) is 2.55. The smallest absolute Gasteiger partial charge is 0.140 e. The first-order chi connectivity index (χ1) is 7.43. The summed E-state index contributed by atoms with van der Waals surface area (Å²) in [7, 11) is 0. The molecule has 0 aliphatic heterocycles. The summed E-state index contributed by atoms with van der Waals surface area (Å²) in [5.74, 6) is 0. The SMILES string of the molecule is c1nc2c(ccc3c2sc2cnnn23)s1. The van der Waals surface area contributed by atoms with E-state index in [-0.39, 0.29) is 0 Å². The topological polar surface area (TPSA) is 43.1 Å². The Morgan fingerprint density at radius 1 is 1.27 bits per heavy atom. The van der Waals surface area contributed by atoms with Gasteiger partial charge >= 0.3 is 0 Å². The zero-order valence-corrected chi connectivity index (χ0v) is 9.05. The Kier molecular flexibility index (Phi) is 1.30. The second kappa shape index (κ2) is 2.53. The van der Waals surface area contributed by atoms with Crippen LogP contribution in [0.4, 0.5) is 0 Å². The summed E-state index contributed by atoms with van der Waals surface area (Å²) in [4.78, 5) is 5.45. The van der Waals surface area contributed by atoms with Crippen LogP contribution in [0.25, 0.3) is 25.3 Å². The van der Waals surface area contributed by atoms with Crippen molar-refractivity contribution >= 4 is 47.9 Å². The fourth-order valence-electron chi connectivity index (χ4n) is 1.73. The molecule has 4 nitrogen and oxygen atoms in total. The molecule has 0 bridgehead atoms. The fraction of sp³-hybridized carbons (Fsp3) is 0. The van der Waals surface area contributed by atoms with Gasteiger partial charge in [0.25, 0.3) is 0 Å². The first-order valence-corrected chi connectivity index (χ1v) is 6.08. The van der Waals surface area contributed by atoms with Crippen molar-refractivity contribution in [3.05, 3.63) is 23.8 Å². The van der Waals surface area contributed by atoms with Gasteiger partial charge in [-0.3, -0.25) is 0 Å². The lowest BCUT2D eigenvalue weighted by Crippen LogP contribution is -1.83. The Morgan fingerprint density at radius 3 is 3.27 bits per heavy atom. The van der Waals surface area contributed by atoms with E-state index in [0.717, 1.165) is 15.9 Å². The number of thiazole rings is 2. The molecule has 0 aliphatic rings. The van der Waals surface area contributed by atoms with Crippen LogP contribution in [0.15, 0.2) is 23.8 Å². The van der Waals surface area contributed by atoms with Crippen LogP contribution in [0.5, 0.6) is 0 Å².